The van der Waals surface area contributed by atoms with E-state index in [9.17, 15) is 9.59 Å². The van der Waals surface area contributed by atoms with Crippen LogP contribution in [0, 0.1) is 5.82 Å². The molecule has 1 saturated heterocycles. The third kappa shape index (κ3) is 7.32. The fourth-order valence-corrected chi connectivity index (χ4v) is 4.78. The third-order valence-corrected chi connectivity index (χ3v) is 6.74. The monoisotopic (exact) mass is 528 g/mol. The summed E-state index contributed by atoms with van der Waals surface area (Å²) in [7, 11) is 1.62. The molecule has 1 aliphatic heterocycles. The Hall–Kier alpha value is -2.97. The molecule has 2 amide bonds. The zero-order chi connectivity index (χ0) is 27.7. The van der Waals surface area contributed by atoms with Crippen molar-refractivity contribution in [1.29, 1.82) is 0 Å². The standard InChI is InChI=1S/C30H41FN2O5/c1-6-21-17-26(28(38-14-8-13-36-5)19-24(21)29(34)32-20(3)4)25-18-22(9-10-27(25)31)30(35)33(7-2)23-11-15-37-16-12-23/h9-10,17-20,23H,6-8,11-16H2,1-5H3,(H,32,34). The molecule has 0 aromatic heterocycles. The second-order valence-electron chi connectivity index (χ2n) is 9.81. The lowest BCUT2D eigenvalue weighted by Crippen LogP contribution is -2.43. The summed E-state index contributed by atoms with van der Waals surface area (Å²) in [5, 5.41) is 2.93. The molecule has 1 aliphatic rings. The highest BCUT2D eigenvalue weighted by Crippen LogP contribution is 2.36. The molecule has 38 heavy (non-hydrogen) atoms. The first kappa shape index (κ1) is 29.6. The Bertz CT molecular complexity index is 1100. The van der Waals surface area contributed by atoms with E-state index in [0.717, 1.165) is 18.4 Å². The molecule has 0 saturated carbocycles. The van der Waals surface area contributed by atoms with Crippen molar-refractivity contribution in [3.63, 3.8) is 0 Å². The van der Waals surface area contributed by atoms with Gasteiger partial charge in [-0.3, -0.25) is 9.59 Å². The Balaban J connectivity index is 2.05. The summed E-state index contributed by atoms with van der Waals surface area (Å²) in [4.78, 5) is 28.3. The van der Waals surface area contributed by atoms with Crippen LogP contribution in [0.2, 0.25) is 0 Å². The summed E-state index contributed by atoms with van der Waals surface area (Å²) in [6.45, 7) is 10.4. The number of benzene rings is 2. The van der Waals surface area contributed by atoms with Crippen LogP contribution in [0.5, 0.6) is 5.75 Å². The van der Waals surface area contributed by atoms with Crippen LogP contribution < -0.4 is 10.1 Å². The lowest BCUT2D eigenvalue weighted by molar-refractivity contribution is 0.0305. The molecule has 7 nitrogen and oxygen atoms in total. The molecule has 1 N–H and O–H groups in total. The average Bonchev–Trinajstić information content (AvgIpc) is 2.91. The quantitative estimate of drug-likeness (QED) is 0.381. The summed E-state index contributed by atoms with van der Waals surface area (Å²) in [5.74, 6) is -0.400. The number of methoxy groups -OCH3 is 1. The normalized spacial score (nSPS) is 14.0. The van der Waals surface area contributed by atoms with Crippen LogP contribution in [-0.2, 0) is 15.9 Å². The molecule has 0 aliphatic carbocycles. The summed E-state index contributed by atoms with van der Waals surface area (Å²) in [6.07, 6.45) is 2.78. The first-order valence-electron chi connectivity index (χ1n) is 13.6. The number of carbonyl (C=O) groups is 2. The van der Waals surface area contributed by atoms with Crippen molar-refractivity contribution in [3.8, 4) is 16.9 Å². The highest BCUT2D eigenvalue weighted by atomic mass is 19.1. The number of carbonyl (C=O) groups excluding carboxylic acids is 2. The van der Waals surface area contributed by atoms with Crippen molar-refractivity contribution in [2.75, 3.05) is 40.1 Å². The Morgan fingerprint density at radius 3 is 2.47 bits per heavy atom. The summed E-state index contributed by atoms with van der Waals surface area (Å²) >= 11 is 0. The molecular formula is C30H41FN2O5. The molecule has 0 bridgehead atoms. The van der Waals surface area contributed by atoms with E-state index in [0.29, 0.717) is 68.3 Å². The maximum absolute atomic E-state index is 15.3. The number of nitrogens with zero attached hydrogens (tertiary/aromatic N) is 1. The molecule has 3 rings (SSSR count). The zero-order valence-electron chi connectivity index (χ0n) is 23.3. The second-order valence-corrected chi connectivity index (χ2v) is 9.81. The Labute approximate surface area is 225 Å². The zero-order valence-corrected chi connectivity index (χ0v) is 23.3. The molecule has 8 heteroatoms. The number of aryl methyl sites for hydroxylation is 1. The second kappa shape index (κ2) is 14.3. The van der Waals surface area contributed by atoms with Gasteiger partial charge in [-0.2, -0.15) is 0 Å². The van der Waals surface area contributed by atoms with Crippen molar-refractivity contribution in [2.24, 2.45) is 0 Å². The van der Waals surface area contributed by atoms with E-state index in [1.165, 1.54) is 12.1 Å². The highest BCUT2D eigenvalue weighted by molar-refractivity contribution is 5.98. The largest absolute Gasteiger partial charge is 0.493 e. The molecule has 0 radical (unpaired) electrons. The third-order valence-electron chi connectivity index (χ3n) is 6.74. The number of ether oxygens (including phenoxy) is 3. The molecule has 0 atom stereocenters. The molecule has 1 fully saturated rings. The van der Waals surface area contributed by atoms with Gasteiger partial charge in [-0.05, 0) is 75.9 Å². The number of rotatable bonds is 12. The van der Waals surface area contributed by atoms with Gasteiger partial charge in [0.2, 0.25) is 0 Å². The number of nitrogens with one attached hydrogen (secondary N) is 1. The number of hydrogen-bond donors (Lipinski definition) is 1. The Morgan fingerprint density at radius 1 is 1.11 bits per heavy atom. The minimum absolute atomic E-state index is 0.0321. The van der Waals surface area contributed by atoms with E-state index in [4.69, 9.17) is 14.2 Å². The maximum atomic E-state index is 15.3. The van der Waals surface area contributed by atoms with Gasteiger partial charge in [0.05, 0.1) is 6.61 Å². The molecule has 0 unspecified atom stereocenters. The summed E-state index contributed by atoms with van der Waals surface area (Å²) in [6, 6.07) is 8.03. The molecule has 2 aromatic rings. The van der Waals surface area contributed by atoms with Crippen molar-refractivity contribution in [1.82, 2.24) is 10.2 Å². The van der Waals surface area contributed by atoms with Gasteiger partial charge in [0, 0.05) is 74.2 Å². The minimum atomic E-state index is -0.459. The van der Waals surface area contributed by atoms with Gasteiger partial charge in [-0.15, -0.1) is 0 Å². The smallest absolute Gasteiger partial charge is 0.254 e. The Kier molecular flexibility index (Phi) is 11.1. The van der Waals surface area contributed by atoms with Crippen molar-refractivity contribution in [3.05, 3.63) is 52.8 Å². The van der Waals surface area contributed by atoms with Crippen LogP contribution >= 0.6 is 0 Å². The molecular weight excluding hydrogens is 487 g/mol. The SMILES string of the molecule is CCc1cc(-c2cc(C(=O)N(CC)C3CCOCC3)ccc2F)c(OCCCOC)cc1C(=O)NC(C)C. The van der Waals surface area contributed by atoms with Crippen molar-refractivity contribution < 1.29 is 28.2 Å². The van der Waals surface area contributed by atoms with E-state index >= 15 is 4.39 Å². The minimum Gasteiger partial charge on any atom is -0.493 e. The van der Waals surface area contributed by atoms with Crippen LogP contribution in [0.4, 0.5) is 4.39 Å². The predicted octanol–water partition coefficient (Wildman–Crippen LogP) is 5.25. The fourth-order valence-electron chi connectivity index (χ4n) is 4.78. The van der Waals surface area contributed by atoms with E-state index < -0.39 is 5.82 Å². The van der Waals surface area contributed by atoms with Gasteiger partial charge in [0.1, 0.15) is 11.6 Å². The lowest BCUT2D eigenvalue weighted by Gasteiger charge is -2.33. The predicted molar refractivity (Wildman–Crippen MR) is 146 cm³/mol. The van der Waals surface area contributed by atoms with Crippen LogP contribution in [0.15, 0.2) is 30.3 Å². The first-order chi connectivity index (χ1) is 18.3. The first-order valence-corrected chi connectivity index (χ1v) is 13.6. The van der Waals surface area contributed by atoms with Gasteiger partial charge in [-0.1, -0.05) is 6.92 Å². The average molecular weight is 529 g/mol. The number of halogens is 1. The van der Waals surface area contributed by atoms with E-state index in [2.05, 4.69) is 5.32 Å². The van der Waals surface area contributed by atoms with Crippen molar-refractivity contribution in [2.45, 2.75) is 65.5 Å². The van der Waals surface area contributed by atoms with E-state index in [-0.39, 0.29) is 29.5 Å². The van der Waals surface area contributed by atoms with Gasteiger partial charge in [0.25, 0.3) is 11.8 Å². The fraction of sp³-hybridized carbons (Fsp3) is 0.533. The maximum Gasteiger partial charge on any atom is 0.254 e. The van der Waals surface area contributed by atoms with Gasteiger partial charge in [0.15, 0.2) is 0 Å². The molecule has 208 valence electrons. The highest BCUT2D eigenvalue weighted by Gasteiger charge is 2.27. The summed E-state index contributed by atoms with van der Waals surface area (Å²) < 4.78 is 32.0. The van der Waals surface area contributed by atoms with E-state index in [1.807, 2.05) is 38.7 Å². The molecule has 0 spiro atoms. The van der Waals surface area contributed by atoms with Crippen LogP contribution in [0.3, 0.4) is 0 Å². The Morgan fingerprint density at radius 2 is 1.84 bits per heavy atom. The molecule has 2 aromatic carbocycles. The van der Waals surface area contributed by atoms with Crippen LogP contribution in [0.1, 0.15) is 73.2 Å². The summed E-state index contributed by atoms with van der Waals surface area (Å²) in [5.41, 5.74) is 2.47. The lowest BCUT2D eigenvalue weighted by atomic mass is 9.94. The number of amides is 2. The van der Waals surface area contributed by atoms with Crippen LogP contribution in [-0.4, -0.2) is 68.9 Å². The van der Waals surface area contributed by atoms with E-state index in [1.54, 1.807) is 19.2 Å². The van der Waals surface area contributed by atoms with Gasteiger partial charge in [-0.25, -0.2) is 4.39 Å². The molecule has 1 heterocycles. The van der Waals surface area contributed by atoms with Gasteiger partial charge >= 0.3 is 0 Å². The topological polar surface area (TPSA) is 77.1 Å². The van der Waals surface area contributed by atoms with Crippen molar-refractivity contribution >= 4 is 11.8 Å². The van der Waals surface area contributed by atoms with Crippen LogP contribution in [0.25, 0.3) is 11.1 Å². The number of hydrogen-bond acceptors (Lipinski definition) is 5. The van der Waals surface area contributed by atoms with Gasteiger partial charge < -0.3 is 24.4 Å².